The molecule has 1 N–H and O–H groups in total. The zero-order valence-electron chi connectivity index (χ0n) is 27.5. The van der Waals surface area contributed by atoms with Gasteiger partial charge in [-0.2, -0.15) is 0 Å². The number of anilines is 1. The van der Waals surface area contributed by atoms with Crippen molar-refractivity contribution in [2.75, 3.05) is 54.5 Å². The first kappa shape index (κ1) is 32.6. The molecular formula is C38H38N2O8. The van der Waals surface area contributed by atoms with E-state index in [9.17, 15) is 4.79 Å². The minimum absolute atomic E-state index is 0.00391. The molecule has 3 atom stereocenters. The average Bonchev–Trinajstić information content (AvgIpc) is 3.47. The summed E-state index contributed by atoms with van der Waals surface area (Å²) in [5.74, 6) is 0.853. The minimum atomic E-state index is -0.653. The number of hydrogen-bond donors (Lipinski definition) is 1. The van der Waals surface area contributed by atoms with Crippen molar-refractivity contribution in [1.29, 1.82) is 0 Å². The summed E-state index contributed by atoms with van der Waals surface area (Å²) >= 11 is 0. The van der Waals surface area contributed by atoms with E-state index in [4.69, 9.17) is 33.2 Å². The predicted octanol–water partition coefficient (Wildman–Crippen LogP) is 6.76. The van der Waals surface area contributed by atoms with Crippen LogP contribution < -0.4 is 29.0 Å². The summed E-state index contributed by atoms with van der Waals surface area (Å²) in [5.41, 5.74) is 4.93. The molecule has 0 saturated heterocycles. The first-order chi connectivity index (χ1) is 23.5. The molecule has 6 rings (SSSR count). The fourth-order valence-corrected chi connectivity index (χ4v) is 6.65. The Balaban J connectivity index is 1.56. The number of ether oxygens (including phenoxy) is 7. The van der Waals surface area contributed by atoms with Crippen molar-refractivity contribution >= 4 is 22.5 Å². The van der Waals surface area contributed by atoms with Crippen molar-refractivity contribution in [1.82, 2.24) is 4.98 Å². The fourth-order valence-electron chi connectivity index (χ4n) is 6.65. The molecule has 1 aliphatic rings. The summed E-state index contributed by atoms with van der Waals surface area (Å²) in [7, 11) is 7.85. The summed E-state index contributed by atoms with van der Waals surface area (Å²) < 4.78 is 39.5. The van der Waals surface area contributed by atoms with Gasteiger partial charge in [-0.25, -0.2) is 0 Å². The number of nitrogens with one attached hydrogen (secondary N) is 1. The molecule has 1 aromatic heterocycles. The molecule has 1 amide bonds. The maximum Gasteiger partial charge on any atom is 0.229 e. The lowest BCUT2D eigenvalue weighted by Gasteiger charge is -2.28. The average molecular weight is 651 g/mol. The highest BCUT2D eigenvalue weighted by atomic mass is 16.7. The highest BCUT2D eigenvalue weighted by molar-refractivity contribution is 6.02. The number of methoxy groups -OCH3 is 5. The predicted molar refractivity (Wildman–Crippen MR) is 182 cm³/mol. The SMILES string of the molecule is COCOc1ccc([C@@H]2c3ccccc3[C@H](c3cc(OC)c(OC)c(OC)c3)[C@@H]2C(=O)Nc2cccc3cccnc23)c(OCOC)c1. The summed E-state index contributed by atoms with van der Waals surface area (Å²) in [6.07, 6.45) is 1.72. The second kappa shape index (κ2) is 14.6. The number of hydrogen-bond acceptors (Lipinski definition) is 9. The Morgan fingerprint density at radius 3 is 2.06 bits per heavy atom. The van der Waals surface area contributed by atoms with Crippen molar-refractivity contribution in [2.45, 2.75) is 11.8 Å². The second-order valence-electron chi connectivity index (χ2n) is 11.2. The van der Waals surface area contributed by atoms with Gasteiger partial charge < -0.3 is 38.5 Å². The number of aromatic nitrogens is 1. The van der Waals surface area contributed by atoms with Gasteiger partial charge in [0.2, 0.25) is 11.7 Å². The van der Waals surface area contributed by atoms with E-state index in [0.29, 0.717) is 40.0 Å². The first-order valence-electron chi connectivity index (χ1n) is 15.4. The molecule has 0 saturated carbocycles. The lowest BCUT2D eigenvalue weighted by Crippen LogP contribution is -2.30. The van der Waals surface area contributed by atoms with E-state index in [-0.39, 0.29) is 19.5 Å². The molecule has 5 aromatic rings. The van der Waals surface area contributed by atoms with Gasteiger partial charge >= 0.3 is 0 Å². The van der Waals surface area contributed by atoms with Crippen LogP contribution in [0.5, 0.6) is 28.7 Å². The van der Waals surface area contributed by atoms with Crippen LogP contribution in [0.3, 0.4) is 0 Å². The van der Waals surface area contributed by atoms with Crippen molar-refractivity contribution < 1.29 is 38.0 Å². The number of rotatable bonds is 13. The van der Waals surface area contributed by atoms with Crippen LogP contribution in [0.2, 0.25) is 0 Å². The molecule has 4 aromatic carbocycles. The Labute approximate surface area is 279 Å². The molecule has 0 radical (unpaired) electrons. The van der Waals surface area contributed by atoms with Gasteiger partial charge in [-0.05, 0) is 47.0 Å². The Bertz CT molecular complexity index is 1880. The van der Waals surface area contributed by atoms with Gasteiger partial charge in [0.05, 0.1) is 38.5 Å². The topological polar surface area (TPSA) is 107 Å². The molecular weight excluding hydrogens is 612 g/mol. The second-order valence-corrected chi connectivity index (χ2v) is 11.2. The van der Waals surface area contributed by atoms with Gasteiger partial charge in [-0.1, -0.05) is 48.5 Å². The van der Waals surface area contributed by atoms with Crippen molar-refractivity contribution in [2.24, 2.45) is 5.92 Å². The number of nitrogens with zero attached hydrogens (tertiary/aromatic N) is 1. The third-order valence-corrected chi connectivity index (χ3v) is 8.62. The molecule has 1 aliphatic carbocycles. The van der Waals surface area contributed by atoms with Gasteiger partial charge in [-0.15, -0.1) is 0 Å². The van der Waals surface area contributed by atoms with E-state index >= 15 is 0 Å². The quantitative estimate of drug-likeness (QED) is 0.138. The molecule has 10 heteroatoms. The van der Waals surface area contributed by atoms with Crippen LogP contribution >= 0.6 is 0 Å². The summed E-state index contributed by atoms with van der Waals surface area (Å²) in [6.45, 7) is 0.0760. The van der Waals surface area contributed by atoms with E-state index in [0.717, 1.165) is 27.6 Å². The Hall–Kier alpha value is -5.32. The molecule has 0 bridgehead atoms. The van der Waals surface area contributed by atoms with Crippen LogP contribution in [0, 0.1) is 5.92 Å². The number of fused-ring (bicyclic) bond motifs is 2. The molecule has 248 valence electrons. The third-order valence-electron chi connectivity index (χ3n) is 8.62. The van der Waals surface area contributed by atoms with E-state index in [2.05, 4.69) is 22.4 Å². The first-order valence-corrected chi connectivity index (χ1v) is 15.4. The smallest absolute Gasteiger partial charge is 0.229 e. The number of carbonyl (C=O) groups is 1. The maximum absolute atomic E-state index is 14.9. The van der Waals surface area contributed by atoms with Gasteiger partial charge in [0.1, 0.15) is 11.5 Å². The number of benzene rings is 4. The lowest BCUT2D eigenvalue weighted by molar-refractivity contribution is -0.120. The summed E-state index contributed by atoms with van der Waals surface area (Å²) in [6, 6.07) is 27.1. The zero-order valence-corrected chi connectivity index (χ0v) is 27.5. The molecule has 1 heterocycles. The lowest BCUT2D eigenvalue weighted by atomic mass is 9.78. The standard InChI is InChI=1S/C38H38N2O8/c1-42-21-47-25-15-16-28(30(20-25)48-22-43-2)34-27-13-7-6-12-26(27)33(24-18-31(44-3)37(46-5)32(19-24)45-4)35(34)38(41)40-29-14-8-10-23-11-9-17-39-36(23)29/h6-20,33-35H,21-22H2,1-5H3,(H,40,41)/t33-,34-,35-/m0/s1. The molecule has 10 nitrogen and oxygen atoms in total. The van der Waals surface area contributed by atoms with Crippen molar-refractivity contribution in [3.05, 3.63) is 113 Å². The van der Waals surface area contributed by atoms with Gasteiger partial charge in [0.15, 0.2) is 25.1 Å². The number of amides is 1. The van der Waals surface area contributed by atoms with Crippen LogP contribution in [0.25, 0.3) is 10.9 Å². The Morgan fingerprint density at radius 1 is 0.688 bits per heavy atom. The van der Waals surface area contributed by atoms with Crippen molar-refractivity contribution in [3.8, 4) is 28.7 Å². The number of para-hydroxylation sites is 1. The maximum atomic E-state index is 14.9. The van der Waals surface area contributed by atoms with E-state index in [1.54, 1.807) is 47.8 Å². The summed E-state index contributed by atoms with van der Waals surface area (Å²) in [4.78, 5) is 19.5. The summed E-state index contributed by atoms with van der Waals surface area (Å²) in [5, 5.41) is 4.17. The van der Waals surface area contributed by atoms with Crippen LogP contribution in [0.1, 0.15) is 34.1 Å². The normalized spacial score (nSPS) is 16.6. The highest BCUT2D eigenvalue weighted by Gasteiger charge is 2.47. The van der Waals surface area contributed by atoms with E-state index in [1.165, 1.54) is 0 Å². The van der Waals surface area contributed by atoms with Gasteiger partial charge in [0, 0.05) is 49.3 Å². The van der Waals surface area contributed by atoms with E-state index < -0.39 is 17.8 Å². The number of pyridine rings is 1. The molecule has 0 aliphatic heterocycles. The Kier molecular flexibility index (Phi) is 9.94. The fraction of sp³-hybridized carbons (Fsp3) is 0.263. The van der Waals surface area contributed by atoms with Crippen LogP contribution in [0.15, 0.2) is 91.1 Å². The highest BCUT2D eigenvalue weighted by Crippen LogP contribution is 2.56. The molecule has 0 unspecified atom stereocenters. The largest absolute Gasteiger partial charge is 0.493 e. The molecule has 0 fully saturated rings. The molecule has 0 spiro atoms. The van der Waals surface area contributed by atoms with Gasteiger partial charge in [-0.3, -0.25) is 9.78 Å². The zero-order chi connectivity index (χ0) is 33.6. The Morgan fingerprint density at radius 2 is 1.38 bits per heavy atom. The van der Waals surface area contributed by atoms with Gasteiger partial charge in [0.25, 0.3) is 0 Å². The monoisotopic (exact) mass is 650 g/mol. The number of carbonyl (C=O) groups excluding carboxylic acids is 1. The van der Waals surface area contributed by atoms with Crippen LogP contribution in [0.4, 0.5) is 5.69 Å². The van der Waals surface area contributed by atoms with Crippen molar-refractivity contribution in [3.63, 3.8) is 0 Å². The third kappa shape index (κ3) is 6.20. The van der Waals surface area contributed by atoms with Crippen LogP contribution in [-0.4, -0.2) is 60.0 Å². The minimum Gasteiger partial charge on any atom is -0.493 e. The van der Waals surface area contributed by atoms with Crippen LogP contribution in [-0.2, 0) is 14.3 Å². The van der Waals surface area contributed by atoms with E-state index in [1.807, 2.05) is 66.7 Å². The molecule has 48 heavy (non-hydrogen) atoms.